The number of aliphatic carboxylic acids is 1. The van der Waals surface area contributed by atoms with Crippen molar-refractivity contribution in [2.24, 2.45) is 5.92 Å². The second-order valence-corrected chi connectivity index (χ2v) is 4.69. The molecule has 3 unspecified atom stereocenters. The van der Waals surface area contributed by atoms with E-state index in [1.54, 1.807) is 0 Å². The van der Waals surface area contributed by atoms with Crippen LogP contribution in [0.5, 0.6) is 0 Å². The summed E-state index contributed by atoms with van der Waals surface area (Å²) in [6.07, 6.45) is 6.79. The van der Waals surface area contributed by atoms with Crippen molar-refractivity contribution in [3.8, 4) is 0 Å². The third-order valence-electron chi connectivity index (χ3n) is 3.33. The highest BCUT2D eigenvalue weighted by molar-refractivity contribution is 5.72. The minimum atomic E-state index is -0.639. The van der Waals surface area contributed by atoms with E-state index in [1.165, 1.54) is 19.3 Å². The summed E-state index contributed by atoms with van der Waals surface area (Å²) in [5, 5.41) is 12.3. The molecule has 0 saturated heterocycles. The van der Waals surface area contributed by atoms with Crippen LogP contribution in [0.2, 0.25) is 0 Å². The van der Waals surface area contributed by atoms with Gasteiger partial charge in [0.05, 0.1) is 5.92 Å². The Labute approximate surface area is 92.3 Å². The number of nitrogens with one attached hydrogen (secondary N) is 1. The SMILES string of the molecule is CCCCCC(C)NC1CCC1C(=O)O. The van der Waals surface area contributed by atoms with Crippen molar-refractivity contribution in [3.05, 3.63) is 0 Å². The second kappa shape index (κ2) is 6.11. The predicted molar refractivity (Wildman–Crippen MR) is 60.9 cm³/mol. The van der Waals surface area contributed by atoms with Crippen LogP contribution < -0.4 is 5.32 Å². The molecule has 0 aromatic rings. The molecule has 0 bridgehead atoms. The number of unbranched alkanes of at least 4 members (excludes halogenated alkanes) is 2. The van der Waals surface area contributed by atoms with Crippen LogP contribution in [0, 0.1) is 5.92 Å². The predicted octanol–water partition coefficient (Wildman–Crippen LogP) is 2.41. The highest BCUT2D eigenvalue weighted by Crippen LogP contribution is 2.28. The van der Waals surface area contributed by atoms with Crippen LogP contribution >= 0.6 is 0 Å². The summed E-state index contributed by atoms with van der Waals surface area (Å²) in [4.78, 5) is 10.8. The zero-order valence-electron chi connectivity index (χ0n) is 9.83. The van der Waals surface area contributed by atoms with Gasteiger partial charge in [-0.05, 0) is 26.2 Å². The highest BCUT2D eigenvalue weighted by atomic mass is 16.4. The minimum Gasteiger partial charge on any atom is -0.481 e. The van der Waals surface area contributed by atoms with E-state index in [4.69, 9.17) is 5.11 Å². The molecule has 1 aliphatic carbocycles. The third-order valence-corrected chi connectivity index (χ3v) is 3.33. The van der Waals surface area contributed by atoms with Gasteiger partial charge in [0.15, 0.2) is 0 Å². The van der Waals surface area contributed by atoms with Crippen LogP contribution in [-0.4, -0.2) is 23.2 Å². The molecule has 0 spiro atoms. The lowest BCUT2D eigenvalue weighted by Crippen LogP contribution is -2.50. The van der Waals surface area contributed by atoms with Crippen LogP contribution in [0.15, 0.2) is 0 Å². The lowest BCUT2D eigenvalue weighted by molar-refractivity contribution is -0.146. The van der Waals surface area contributed by atoms with Crippen LogP contribution in [0.4, 0.5) is 0 Å². The maximum atomic E-state index is 10.8. The average molecular weight is 213 g/mol. The zero-order chi connectivity index (χ0) is 11.3. The molecule has 1 rings (SSSR count). The molecular formula is C12H23NO2. The van der Waals surface area contributed by atoms with Crippen LogP contribution in [0.3, 0.4) is 0 Å². The summed E-state index contributed by atoms with van der Waals surface area (Å²) in [5.74, 6) is -0.780. The van der Waals surface area contributed by atoms with E-state index >= 15 is 0 Å². The van der Waals surface area contributed by atoms with Crippen molar-refractivity contribution in [1.82, 2.24) is 5.32 Å². The second-order valence-electron chi connectivity index (χ2n) is 4.69. The Balaban J connectivity index is 2.15. The minimum absolute atomic E-state index is 0.140. The molecular weight excluding hydrogens is 190 g/mol. The smallest absolute Gasteiger partial charge is 0.308 e. The van der Waals surface area contributed by atoms with Gasteiger partial charge in [0.1, 0.15) is 0 Å². The van der Waals surface area contributed by atoms with Crippen LogP contribution in [0.1, 0.15) is 52.4 Å². The first-order valence-corrected chi connectivity index (χ1v) is 6.14. The Kier molecular flexibility index (Phi) is 5.09. The van der Waals surface area contributed by atoms with E-state index in [2.05, 4.69) is 19.2 Å². The molecule has 3 atom stereocenters. The molecule has 0 aromatic heterocycles. The van der Waals surface area contributed by atoms with E-state index in [1.807, 2.05) is 0 Å². The van der Waals surface area contributed by atoms with Gasteiger partial charge in [-0.25, -0.2) is 0 Å². The molecule has 0 amide bonds. The quantitative estimate of drug-likeness (QED) is 0.638. The van der Waals surface area contributed by atoms with Gasteiger partial charge in [-0.3, -0.25) is 4.79 Å². The highest BCUT2D eigenvalue weighted by Gasteiger charge is 2.36. The van der Waals surface area contributed by atoms with E-state index < -0.39 is 5.97 Å². The fraction of sp³-hybridized carbons (Fsp3) is 0.917. The molecule has 1 saturated carbocycles. The number of hydrogen-bond donors (Lipinski definition) is 2. The Bertz CT molecular complexity index is 206. The van der Waals surface area contributed by atoms with Crippen LogP contribution in [0.25, 0.3) is 0 Å². The summed E-state index contributed by atoms with van der Waals surface area (Å²) in [6.45, 7) is 4.36. The fourth-order valence-corrected chi connectivity index (χ4v) is 2.14. The van der Waals surface area contributed by atoms with Gasteiger partial charge in [0.2, 0.25) is 0 Å². The van der Waals surface area contributed by atoms with Gasteiger partial charge >= 0.3 is 5.97 Å². The van der Waals surface area contributed by atoms with Crippen molar-refractivity contribution in [1.29, 1.82) is 0 Å². The summed E-state index contributed by atoms with van der Waals surface area (Å²) >= 11 is 0. The summed E-state index contributed by atoms with van der Waals surface area (Å²) in [6, 6.07) is 0.683. The average Bonchev–Trinajstić information content (AvgIpc) is 2.12. The molecule has 3 heteroatoms. The van der Waals surface area contributed by atoms with Gasteiger partial charge < -0.3 is 10.4 Å². The standard InChI is InChI=1S/C12H23NO2/c1-3-4-5-6-9(2)13-11-8-7-10(11)12(14)15/h9-11,13H,3-8H2,1-2H3,(H,14,15). The number of carbonyl (C=O) groups is 1. The van der Waals surface area contributed by atoms with Gasteiger partial charge in [-0.15, -0.1) is 0 Å². The maximum absolute atomic E-state index is 10.8. The first-order chi connectivity index (χ1) is 7.15. The summed E-state index contributed by atoms with van der Waals surface area (Å²) in [5.41, 5.74) is 0. The van der Waals surface area contributed by atoms with Crippen LogP contribution in [-0.2, 0) is 4.79 Å². The normalized spacial score (nSPS) is 27.1. The monoisotopic (exact) mass is 213 g/mol. The third kappa shape index (κ3) is 3.82. The van der Waals surface area contributed by atoms with Gasteiger partial charge in [0, 0.05) is 12.1 Å². The van der Waals surface area contributed by atoms with Gasteiger partial charge in [0.25, 0.3) is 0 Å². The first-order valence-electron chi connectivity index (χ1n) is 6.14. The Morgan fingerprint density at radius 1 is 1.47 bits per heavy atom. The Morgan fingerprint density at radius 2 is 2.20 bits per heavy atom. The first kappa shape index (κ1) is 12.5. The molecule has 88 valence electrons. The molecule has 1 aliphatic rings. The van der Waals surface area contributed by atoms with E-state index in [-0.39, 0.29) is 12.0 Å². The molecule has 2 N–H and O–H groups in total. The van der Waals surface area contributed by atoms with Crippen molar-refractivity contribution in [2.75, 3.05) is 0 Å². The lowest BCUT2D eigenvalue weighted by atomic mass is 9.79. The molecule has 3 nitrogen and oxygen atoms in total. The van der Waals surface area contributed by atoms with Crippen molar-refractivity contribution >= 4 is 5.97 Å². The van der Waals surface area contributed by atoms with E-state index in [0.29, 0.717) is 6.04 Å². The number of carboxylic acids is 1. The lowest BCUT2D eigenvalue weighted by Gasteiger charge is -2.36. The largest absolute Gasteiger partial charge is 0.481 e. The van der Waals surface area contributed by atoms with Crippen molar-refractivity contribution in [2.45, 2.75) is 64.5 Å². The van der Waals surface area contributed by atoms with Gasteiger partial charge in [-0.1, -0.05) is 26.2 Å². The number of carboxylic acid groups (broad SMARTS) is 1. The molecule has 0 aromatic carbocycles. The topological polar surface area (TPSA) is 49.3 Å². The zero-order valence-corrected chi connectivity index (χ0v) is 9.83. The molecule has 0 aliphatic heterocycles. The molecule has 0 heterocycles. The van der Waals surface area contributed by atoms with E-state index in [9.17, 15) is 4.79 Å². The molecule has 1 fully saturated rings. The molecule has 0 radical (unpaired) electrons. The van der Waals surface area contributed by atoms with Crippen molar-refractivity contribution < 1.29 is 9.90 Å². The molecule has 15 heavy (non-hydrogen) atoms. The van der Waals surface area contributed by atoms with E-state index in [0.717, 1.165) is 19.3 Å². The fourth-order valence-electron chi connectivity index (χ4n) is 2.14. The number of rotatable bonds is 7. The number of hydrogen-bond acceptors (Lipinski definition) is 2. The van der Waals surface area contributed by atoms with Crippen molar-refractivity contribution in [3.63, 3.8) is 0 Å². The Morgan fingerprint density at radius 3 is 2.67 bits per heavy atom. The Hall–Kier alpha value is -0.570. The maximum Gasteiger partial charge on any atom is 0.308 e. The van der Waals surface area contributed by atoms with Gasteiger partial charge in [-0.2, -0.15) is 0 Å². The summed E-state index contributed by atoms with van der Waals surface area (Å²) < 4.78 is 0. The summed E-state index contributed by atoms with van der Waals surface area (Å²) in [7, 11) is 0.